The second-order valence-electron chi connectivity index (χ2n) is 4.88. The normalized spacial score (nSPS) is 15.5. The van der Waals surface area contributed by atoms with Crippen molar-refractivity contribution in [1.82, 2.24) is 24.7 Å². The second kappa shape index (κ2) is 4.92. The fourth-order valence-corrected chi connectivity index (χ4v) is 3.44. The molecule has 21 heavy (non-hydrogen) atoms. The molecule has 0 amide bonds. The predicted octanol–water partition coefficient (Wildman–Crippen LogP) is 2.24. The Morgan fingerprint density at radius 2 is 2.29 bits per heavy atom. The Balaban J connectivity index is 1.76. The molecule has 0 radical (unpaired) electrons. The smallest absolute Gasteiger partial charge is 0.145 e. The zero-order valence-electron chi connectivity index (χ0n) is 11.5. The first-order valence-electron chi connectivity index (χ1n) is 6.69. The van der Waals surface area contributed by atoms with Crippen molar-refractivity contribution < 1.29 is 0 Å². The van der Waals surface area contributed by atoms with E-state index in [-0.39, 0.29) is 0 Å². The van der Waals surface area contributed by atoms with Gasteiger partial charge >= 0.3 is 0 Å². The minimum absolute atomic E-state index is 0.870. The van der Waals surface area contributed by atoms with E-state index in [4.69, 9.17) is 0 Å². The van der Waals surface area contributed by atoms with Gasteiger partial charge in [0, 0.05) is 48.4 Å². The predicted molar refractivity (Wildman–Crippen MR) is 84.9 cm³/mol. The minimum atomic E-state index is 0.870. The highest BCUT2D eigenvalue weighted by atomic mass is 32.2. The van der Waals surface area contributed by atoms with Gasteiger partial charge in [-0.2, -0.15) is 5.10 Å². The first kappa shape index (κ1) is 12.5. The summed E-state index contributed by atoms with van der Waals surface area (Å²) < 4.78 is 1.82. The van der Waals surface area contributed by atoms with Crippen LogP contribution in [0.4, 0.5) is 5.82 Å². The number of aromatic amines is 1. The molecule has 0 unspecified atom stereocenters. The molecule has 4 rings (SSSR count). The number of nitrogens with zero attached hydrogens (tertiary/aromatic N) is 5. The third-order valence-electron chi connectivity index (χ3n) is 3.46. The van der Waals surface area contributed by atoms with E-state index in [1.54, 1.807) is 6.33 Å². The standard InChI is InChI=1S/C14H14N6S/c1-19-7-10(6-18-19)12-8-20(4-5-21-12)14-11-2-3-15-13(11)16-9-17-14/h2-3,6-9H,4-5H2,1H3,(H,15,16,17). The molecule has 0 fully saturated rings. The molecular weight excluding hydrogens is 284 g/mol. The molecule has 0 saturated carbocycles. The first-order valence-corrected chi connectivity index (χ1v) is 7.68. The van der Waals surface area contributed by atoms with Crippen molar-refractivity contribution in [3.8, 4) is 0 Å². The molecule has 6 nitrogen and oxygen atoms in total. The Kier molecular flexibility index (Phi) is 2.92. The molecule has 0 saturated heterocycles. The summed E-state index contributed by atoms with van der Waals surface area (Å²) in [5.74, 6) is 1.97. The molecule has 1 aliphatic rings. The van der Waals surface area contributed by atoms with E-state index in [1.807, 2.05) is 48.1 Å². The van der Waals surface area contributed by atoms with E-state index in [0.717, 1.165) is 34.7 Å². The summed E-state index contributed by atoms with van der Waals surface area (Å²) in [6.07, 6.45) is 9.59. The number of thioether (sulfide) groups is 1. The van der Waals surface area contributed by atoms with Gasteiger partial charge < -0.3 is 9.88 Å². The molecule has 0 aliphatic carbocycles. The quantitative estimate of drug-likeness (QED) is 0.786. The summed E-state index contributed by atoms with van der Waals surface area (Å²) in [7, 11) is 1.93. The molecule has 0 bridgehead atoms. The molecule has 7 heteroatoms. The van der Waals surface area contributed by atoms with Crippen LogP contribution in [-0.4, -0.2) is 37.0 Å². The van der Waals surface area contributed by atoms with E-state index in [0.29, 0.717) is 0 Å². The van der Waals surface area contributed by atoms with Crippen LogP contribution in [0.5, 0.6) is 0 Å². The van der Waals surface area contributed by atoms with E-state index in [2.05, 4.69) is 31.2 Å². The summed E-state index contributed by atoms with van der Waals surface area (Å²) in [6.45, 7) is 0.936. The van der Waals surface area contributed by atoms with Gasteiger partial charge in [0.15, 0.2) is 0 Å². The van der Waals surface area contributed by atoms with Gasteiger partial charge in [0.1, 0.15) is 17.8 Å². The molecule has 0 spiro atoms. The van der Waals surface area contributed by atoms with E-state index in [9.17, 15) is 0 Å². The first-order chi connectivity index (χ1) is 10.3. The molecule has 1 N–H and O–H groups in total. The lowest BCUT2D eigenvalue weighted by Gasteiger charge is -2.25. The second-order valence-corrected chi connectivity index (χ2v) is 6.01. The van der Waals surface area contributed by atoms with Crippen molar-refractivity contribution in [3.05, 3.63) is 42.7 Å². The van der Waals surface area contributed by atoms with E-state index < -0.39 is 0 Å². The van der Waals surface area contributed by atoms with Crippen LogP contribution in [0.3, 0.4) is 0 Å². The van der Waals surface area contributed by atoms with Gasteiger partial charge in [0.25, 0.3) is 0 Å². The third kappa shape index (κ3) is 2.19. The highest BCUT2D eigenvalue weighted by Crippen LogP contribution is 2.34. The van der Waals surface area contributed by atoms with E-state index in [1.165, 1.54) is 4.91 Å². The SMILES string of the molecule is Cn1cc(C2=CN(c3ncnc4[nH]ccc34)CCS2)cn1. The molecular formula is C14H14N6S. The van der Waals surface area contributed by atoms with Crippen molar-refractivity contribution in [2.24, 2.45) is 7.05 Å². The Hall–Kier alpha value is -2.28. The van der Waals surface area contributed by atoms with Gasteiger partial charge in [-0.25, -0.2) is 9.97 Å². The van der Waals surface area contributed by atoms with Gasteiger partial charge in [0.05, 0.1) is 11.6 Å². The number of hydrogen-bond donors (Lipinski definition) is 1. The number of anilines is 1. The highest BCUT2D eigenvalue weighted by molar-refractivity contribution is 8.08. The van der Waals surface area contributed by atoms with Gasteiger partial charge in [-0.3, -0.25) is 4.68 Å². The van der Waals surface area contributed by atoms with Crippen LogP contribution in [-0.2, 0) is 7.05 Å². The summed E-state index contributed by atoms with van der Waals surface area (Å²) in [6, 6.07) is 2.02. The third-order valence-corrected chi connectivity index (χ3v) is 4.50. The Labute approximate surface area is 125 Å². The molecule has 1 aliphatic heterocycles. The Bertz CT molecular complexity index is 818. The Morgan fingerprint density at radius 3 is 3.14 bits per heavy atom. The monoisotopic (exact) mass is 298 g/mol. The largest absolute Gasteiger partial charge is 0.346 e. The average molecular weight is 298 g/mol. The zero-order chi connectivity index (χ0) is 14.2. The summed E-state index contributed by atoms with van der Waals surface area (Å²) in [5, 5.41) is 5.29. The van der Waals surface area contributed by atoms with Crippen molar-refractivity contribution in [2.45, 2.75) is 0 Å². The molecule has 3 aromatic rings. The molecule has 4 heterocycles. The van der Waals surface area contributed by atoms with Gasteiger partial charge in [-0.15, -0.1) is 11.8 Å². The van der Waals surface area contributed by atoms with Crippen LogP contribution in [0.15, 0.2) is 37.2 Å². The summed E-state index contributed by atoms with van der Waals surface area (Å²) in [5.41, 5.74) is 2.01. The number of rotatable bonds is 2. The number of fused-ring (bicyclic) bond motifs is 1. The van der Waals surface area contributed by atoms with Crippen LogP contribution >= 0.6 is 11.8 Å². The maximum Gasteiger partial charge on any atom is 0.145 e. The van der Waals surface area contributed by atoms with Gasteiger partial charge in [-0.1, -0.05) is 0 Å². The highest BCUT2D eigenvalue weighted by Gasteiger charge is 2.18. The number of hydrogen-bond acceptors (Lipinski definition) is 5. The lowest BCUT2D eigenvalue weighted by atomic mass is 10.3. The van der Waals surface area contributed by atoms with E-state index >= 15 is 0 Å². The van der Waals surface area contributed by atoms with Crippen molar-refractivity contribution in [2.75, 3.05) is 17.2 Å². The number of aromatic nitrogens is 5. The minimum Gasteiger partial charge on any atom is -0.346 e. The summed E-state index contributed by atoms with van der Waals surface area (Å²) in [4.78, 5) is 15.2. The fraction of sp³-hybridized carbons (Fsp3) is 0.214. The summed E-state index contributed by atoms with van der Waals surface area (Å²) >= 11 is 1.85. The van der Waals surface area contributed by atoms with Crippen LogP contribution < -0.4 is 4.90 Å². The fourth-order valence-electron chi connectivity index (χ4n) is 2.46. The zero-order valence-corrected chi connectivity index (χ0v) is 12.3. The van der Waals surface area contributed by atoms with Crippen LogP contribution in [0.1, 0.15) is 5.56 Å². The van der Waals surface area contributed by atoms with Gasteiger partial charge in [-0.05, 0) is 6.07 Å². The average Bonchev–Trinajstić information content (AvgIpc) is 3.15. The Morgan fingerprint density at radius 1 is 1.33 bits per heavy atom. The van der Waals surface area contributed by atoms with Crippen LogP contribution in [0.25, 0.3) is 15.9 Å². The van der Waals surface area contributed by atoms with Crippen LogP contribution in [0.2, 0.25) is 0 Å². The maximum atomic E-state index is 4.46. The van der Waals surface area contributed by atoms with Crippen molar-refractivity contribution in [1.29, 1.82) is 0 Å². The molecule has 3 aromatic heterocycles. The number of H-pyrrole nitrogens is 1. The lowest BCUT2D eigenvalue weighted by Crippen LogP contribution is -2.24. The maximum absolute atomic E-state index is 4.46. The topological polar surface area (TPSA) is 62.6 Å². The van der Waals surface area contributed by atoms with Crippen molar-refractivity contribution >= 4 is 33.5 Å². The van der Waals surface area contributed by atoms with Gasteiger partial charge in [0.2, 0.25) is 0 Å². The van der Waals surface area contributed by atoms with Crippen molar-refractivity contribution in [3.63, 3.8) is 0 Å². The number of aryl methyl sites for hydroxylation is 1. The molecule has 0 aromatic carbocycles. The lowest BCUT2D eigenvalue weighted by molar-refractivity contribution is 0.767. The number of nitrogens with one attached hydrogen (secondary N) is 1. The van der Waals surface area contributed by atoms with Crippen LogP contribution in [0, 0.1) is 0 Å². The molecule has 0 atom stereocenters. The molecule has 106 valence electrons.